The van der Waals surface area contributed by atoms with Gasteiger partial charge in [0.1, 0.15) is 0 Å². The molecule has 0 bridgehead atoms. The Hall–Kier alpha value is -1.56. The number of sulfonamides is 1. The monoisotopic (exact) mass is 445 g/mol. The zero-order valence-corrected chi connectivity index (χ0v) is 17.1. The van der Waals surface area contributed by atoms with E-state index < -0.39 is 39.0 Å². The molecule has 0 aromatic heterocycles. The number of likely N-dealkylation sites (N-methyl/N-ethyl adjacent to an activating group) is 1. The lowest BCUT2D eigenvalue weighted by molar-refractivity contribution is -0.137. The summed E-state index contributed by atoms with van der Waals surface area (Å²) in [7, 11) is -2.02. The molecule has 1 fully saturated rings. The van der Waals surface area contributed by atoms with Crippen LogP contribution < -0.4 is 4.31 Å². The largest absolute Gasteiger partial charge is 0.478 e. The van der Waals surface area contributed by atoms with Gasteiger partial charge in [-0.3, -0.25) is 9.21 Å². The first-order valence-electron chi connectivity index (χ1n) is 8.23. The molecule has 0 unspecified atom stereocenters. The van der Waals surface area contributed by atoms with Crippen molar-refractivity contribution >= 4 is 34.1 Å². The fourth-order valence-electron chi connectivity index (χ4n) is 2.86. The van der Waals surface area contributed by atoms with Crippen LogP contribution in [0.15, 0.2) is 18.2 Å². The smallest absolute Gasteiger partial charge is 0.416 e. The van der Waals surface area contributed by atoms with Crippen molar-refractivity contribution in [2.24, 2.45) is 0 Å². The summed E-state index contributed by atoms with van der Waals surface area (Å²) in [6.07, 6.45) is -3.87. The summed E-state index contributed by atoms with van der Waals surface area (Å²) in [6, 6.07) is 2.00. The van der Waals surface area contributed by atoms with Crippen molar-refractivity contribution in [2.45, 2.75) is 6.18 Å². The molecule has 0 atom stereocenters. The van der Waals surface area contributed by atoms with Crippen molar-refractivity contribution in [3.05, 3.63) is 29.3 Å². The number of carboxylic acid groups (broad SMARTS) is 1. The third-order valence-electron chi connectivity index (χ3n) is 4.44. The first-order chi connectivity index (χ1) is 12.4. The summed E-state index contributed by atoms with van der Waals surface area (Å²) in [4.78, 5) is 15.5. The van der Waals surface area contributed by atoms with Gasteiger partial charge >= 0.3 is 12.1 Å². The predicted octanol–water partition coefficient (Wildman–Crippen LogP) is 1.84. The van der Waals surface area contributed by atoms with Gasteiger partial charge in [-0.05, 0) is 25.2 Å². The standard InChI is InChI=1S/C16H22F3N3O4S.ClH/c1-20-5-7-21(8-6-20)9-10-22(27(2,25)26)14-11-12(16(17,18)19)3-4-13(14)15(23)24;/h3-4,11H,5-10H2,1-2H3,(H,23,24);1H. The van der Waals surface area contributed by atoms with Crippen LogP contribution >= 0.6 is 12.4 Å². The topological polar surface area (TPSA) is 81.2 Å². The van der Waals surface area contributed by atoms with Gasteiger partial charge in [-0.25, -0.2) is 13.2 Å². The summed E-state index contributed by atoms with van der Waals surface area (Å²) < 4.78 is 64.3. The molecule has 28 heavy (non-hydrogen) atoms. The number of benzene rings is 1. The number of hydrogen-bond donors (Lipinski definition) is 1. The van der Waals surface area contributed by atoms with E-state index in [4.69, 9.17) is 0 Å². The van der Waals surface area contributed by atoms with Crippen molar-refractivity contribution < 1.29 is 31.5 Å². The molecule has 0 saturated carbocycles. The highest BCUT2D eigenvalue weighted by atomic mass is 35.5. The van der Waals surface area contributed by atoms with E-state index in [1.165, 1.54) is 0 Å². The Labute approximate surface area is 168 Å². The summed E-state index contributed by atoms with van der Waals surface area (Å²) in [5.41, 5.74) is -2.07. The van der Waals surface area contributed by atoms with Crippen LogP contribution in [0, 0.1) is 0 Å². The van der Waals surface area contributed by atoms with Crippen LogP contribution in [0.4, 0.5) is 18.9 Å². The molecule has 0 radical (unpaired) electrons. The number of anilines is 1. The van der Waals surface area contributed by atoms with Crippen molar-refractivity contribution in [3.8, 4) is 0 Å². The van der Waals surface area contributed by atoms with Crippen LogP contribution in [0.3, 0.4) is 0 Å². The molecule has 1 aromatic rings. The molecule has 7 nitrogen and oxygen atoms in total. The van der Waals surface area contributed by atoms with Crippen LogP contribution in [0.5, 0.6) is 0 Å². The second kappa shape index (κ2) is 9.29. The molecule has 1 aliphatic rings. The molecule has 160 valence electrons. The van der Waals surface area contributed by atoms with Crippen LogP contribution in [0.25, 0.3) is 0 Å². The fraction of sp³-hybridized carbons (Fsp3) is 0.562. The van der Waals surface area contributed by atoms with E-state index >= 15 is 0 Å². The molecule has 1 saturated heterocycles. The number of carboxylic acids is 1. The minimum Gasteiger partial charge on any atom is -0.478 e. The molecular formula is C16H23ClF3N3O4S. The quantitative estimate of drug-likeness (QED) is 0.719. The second-order valence-corrected chi connectivity index (χ2v) is 8.42. The lowest BCUT2D eigenvalue weighted by atomic mass is 10.1. The van der Waals surface area contributed by atoms with E-state index in [9.17, 15) is 31.5 Å². The van der Waals surface area contributed by atoms with E-state index in [0.717, 1.165) is 29.7 Å². The Morgan fingerprint density at radius 3 is 2.25 bits per heavy atom. The van der Waals surface area contributed by atoms with Crippen LogP contribution in [-0.4, -0.2) is 81.9 Å². The number of alkyl halides is 3. The van der Waals surface area contributed by atoms with Gasteiger partial charge in [0.25, 0.3) is 0 Å². The van der Waals surface area contributed by atoms with Gasteiger partial charge in [0, 0.05) is 39.3 Å². The van der Waals surface area contributed by atoms with Crippen molar-refractivity contribution in [2.75, 3.05) is 56.9 Å². The normalized spacial score (nSPS) is 16.5. The van der Waals surface area contributed by atoms with Gasteiger partial charge in [0.15, 0.2) is 0 Å². The molecule has 1 aromatic carbocycles. The van der Waals surface area contributed by atoms with Gasteiger partial charge in [-0.1, -0.05) is 0 Å². The SMILES string of the molecule is CN1CCN(CCN(c2cc(C(F)(F)F)ccc2C(=O)O)S(C)(=O)=O)CC1.Cl. The van der Waals surface area contributed by atoms with E-state index in [0.29, 0.717) is 25.2 Å². The lowest BCUT2D eigenvalue weighted by Crippen LogP contribution is -2.47. The van der Waals surface area contributed by atoms with E-state index in [-0.39, 0.29) is 25.5 Å². The van der Waals surface area contributed by atoms with Gasteiger partial charge in [-0.2, -0.15) is 13.2 Å². The van der Waals surface area contributed by atoms with E-state index in [1.807, 2.05) is 11.9 Å². The van der Waals surface area contributed by atoms with Gasteiger partial charge < -0.3 is 10.0 Å². The highest BCUT2D eigenvalue weighted by molar-refractivity contribution is 7.92. The van der Waals surface area contributed by atoms with Gasteiger partial charge in [0.05, 0.1) is 23.1 Å². The molecule has 0 amide bonds. The Morgan fingerprint density at radius 2 is 1.79 bits per heavy atom. The average molecular weight is 446 g/mol. The lowest BCUT2D eigenvalue weighted by Gasteiger charge is -2.34. The predicted molar refractivity (Wildman–Crippen MR) is 102 cm³/mol. The maximum atomic E-state index is 13.0. The Morgan fingerprint density at radius 1 is 1.21 bits per heavy atom. The van der Waals surface area contributed by atoms with Crippen LogP contribution in [-0.2, 0) is 16.2 Å². The zero-order chi connectivity index (χ0) is 20.4. The van der Waals surface area contributed by atoms with Crippen LogP contribution in [0.2, 0.25) is 0 Å². The minimum atomic E-state index is -4.72. The highest BCUT2D eigenvalue weighted by Gasteiger charge is 2.33. The van der Waals surface area contributed by atoms with Crippen LogP contribution in [0.1, 0.15) is 15.9 Å². The number of rotatable bonds is 6. The minimum absolute atomic E-state index is 0. The molecule has 0 spiro atoms. The number of nitrogens with zero attached hydrogens (tertiary/aromatic N) is 3. The first kappa shape index (κ1) is 24.5. The van der Waals surface area contributed by atoms with Crippen molar-refractivity contribution in [1.82, 2.24) is 9.80 Å². The summed E-state index contributed by atoms with van der Waals surface area (Å²) in [5.74, 6) is -1.49. The molecule has 1 aliphatic heterocycles. The molecular weight excluding hydrogens is 423 g/mol. The fourth-order valence-corrected chi connectivity index (χ4v) is 3.79. The second-order valence-electron chi connectivity index (χ2n) is 6.51. The van der Waals surface area contributed by atoms with E-state index in [2.05, 4.69) is 4.90 Å². The molecule has 12 heteroatoms. The Kier molecular flexibility index (Phi) is 8.12. The maximum absolute atomic E-state index is 13.0. The number of piperazine rings is 1. The third kappa shape index (κ3) is 6.23. The summed E-state index contributed by atoms with van der Waals surface area (Å²) in [6.45, 7) is 3.14. The van der Waals surface area contributed by atoms with Gasteiger partial charge in [0.2, 0.25) is 10.0 Å². The Balaban J connectivity index is 0.00000392. The summed E-state index contributed by atoms with van der Waals surface area (Å²) in [5, 5.41) is 9.30. The highest BCUT2D eigenvalue weighted by Crippen LogP contribution is 2.34. The number of carbonyl (C=O) groups is 1. The number of aromatic carboxylic acids is 1. The molecule has 0 aliphatic carbocycles. The molecule has 2 rings (SSSR count). The van der Waals surface area contributed by atoms with E-state index in [1.54, 1.807) is 0 Å². The number of hydrogen-bond acceptors (Lipinski definition) is 5. The maximum Gasteiger partial charge on any atom is 0.416 e. The third-order valence-corrected chi connectivity index (χ3v) is 5.62. The average Bonchev–Trinajstić information content (AvgIpc) is 2.54. The van der Waals surface area contributed by atoms with Crippen molar-refractivity contribution in [1.29, 1.82) is 0 Å². The first-order valence-corrected chi connectivity index (χ1v) is 10.1. The Bertz CT molecular complexity index is 797. The molecule has 1 N–H and O–H groups in total. The van der Waals surface area contributed by atoms with Gasteiger partial charge in [-0.15, -0.1) is 12.4 Å². The summed E-state index contributed by atoms with van der Waals surface area (Å²) >= 11 is 0. The molecule has 1 heterocycles. The number of halogens is 4. The van der Waals surface area contributed by atoms with Crippen molar-refractivity contribution in [3.63, 3.8) is 0 Å². The zero-order valence-electron chi connectivity index (χ0n) is 15.4.